The van der Waals surface area contributed by atoms with Crippen molar-refractivity contribution in [3.8, 4) is 17.5 Å². The maximum Gasteiger partial charge on any atom is 0.528 e. The number of ether oxygens (including phenoxy) is 3. The molecule has 0 N–H and O–H groups in total. The van der Waals surface area contributed by atoms with Crippen molar-refractivity contribution in [2.24, 2.45) is 0 Å². The molecule has 36 heavy (non-hydrogen) atoms. The normalized spacial score (nSPS) is 14.6. The number of piperidine rings is 1. The second kappa shape index (κ2) is 11.8. The molecule has 192 valence electrons. The third kappa shape index (κ3) is 6.87. The van der Waals surface area contributed by atoms with E-state index in [0.29, 0.717) is 50.3 Å². The number of nitrogens with zero attached hydrogens (tertiary/aromatic N) is 6. The van der Waals surface area contributed by atoms with E-state index in [-0.39, 0.29) is 23.8 Å². The molecule has 3 aromatic rings. The Morgan fingerprint density at radius 2 is 1.97 bits per heavy atom. The number of halogens is 1. The SMILES string of the molecule is Cc1c(Oc2ccc(CCn3ccnn3)cc2F)ncnc1OC1CCN(OC(=O)OC(C)C)CC1. The van der Waals surface area contributed by atoms with Crippen LogP contribution in [0.25, 0.3) is 0 Å². The van der Waals surface area contributed by atoms with E-state index in [2.05, 4.69) is 20.3 Å². The second-order valence-corrected chi connectivity index (χ2v) is 8.65. The molecular formula is C24H29FN6O5. The van der Waals surface area contributed by atoms with Crippen LogP contribution in [0.4, 0.5) is 9.18 Å². The molecule has 2 aromatic heterocycles. The fourth-order valence-corrected chi connectivity index (χ4v) is 3.64. The van der Waals surface area contributed by atoms with Gasteiger partial charge in [-0.2, -0.15) is 0 Å². The highest BCUT2D eigenvalue weighted by Gasteiger charge is 2.25. The molecular weight excluding hydrogens is 471 g/mol. The van der Waals surface area contributed by atoms with Crippen LogP contribution < -0.4 is 9.47 Å². The Morgan fingerprint density at radius 1 is 1.19 bits per heavy atom. The van der Waals surface area contributed by atoms with Crippen LogP contribution in [0.1, 0.15) is 37.8 Å². The Kier molecular flexibility index (Phi) is 8.26. The van der Waals surface area contributed by atoms with Gasteiger partial charge >= 0.3 is 6.16 Å². The monoisotopic (exact) mass is 500 g/mol. The first-order chi connectivity index (χ1) is 17.4. The minimum atomic E-state index is -0.715. The van der Waals surface area contributed by atoms with Gasteiger partial charge in [0.25, 0.3) is 0 Å². The third-order valence-electron chi connectivity index (χ3n) is 5.51. The lowest BCUT2D eigenvalue weighted by atomic mass is 10.1. The molecule has 3 heterocycles. The van der Waals surface area contributed by atoms with Crippen molar-refractivity contribution in [3.05, 3.63) is 53.9 Å². The zero-order valence-corrected chi connectivity index (χ0v) is 20.5. The van der Waals surface area contributed by atoms with E-state index >= 15 is 0 Å². The van der Waals surface area contributed by atoms with Gasteiger partial charge in [0.05, 0.1) is 17.9 Å². The number of benzene rings is 1. The Balaban J connectivity index is 1.32. The zero-order chi connectivity index (χ0) is 25.5. The van der Waals surface area contributed by atoms with Crippen molar-refractivity contribution in [3.63, 3.8) is 0 Å². The fourth-order valence-electron chi connectivity index (χ4n) is 3.64. The third-order valence-corrected chi connectivity index (χ3v) is 5.51. The number of carbonyl (C=O) groups is 1. The van der Waals surface area contributed by atoms with E-state index in [9.17, 15) is 9.18 Å². The number of aryl methyl sites for hydroxylation is 2. The molecule has 0 amide bonds. The summed E-state index contributed by atoms with van der Waals surface area (Å²) in [7, 11) is 0. The van der Waals surface area contributed by atoms with Gasteiger partial charge < -0.3 is 19.0 Å². The lowest BCUT2D eigenvalue weighted by Gasteiger charge is -2.30. The fraction of sp³-hybridized carbons (Fsp3) is 0.458. The van der Waals surface area contributed by atoms with Crippen LogP contribution in [0.15, 0.2) is 36.9 Å². The highest BCUT2D eigenvalue weighted by Crippen LogP contribution is 2.30. The molecule has 1 aliphatic heterocycles. The van der Waals surface area contributed by atoms with Gasteiger partial charge in [0.15, 0.2) is 11.6 Å². The number of carbonyl (C=O) groups excluding carboxylic acids is 1. The first-order valence-electron chi connectivity index (χ1n) is 11.8. The van der Waals surface area contributed by atoms with Crippen LogP contribution >= 0.6 is 0 Å². The maximum atomic E-state index is 14.7. The minimum Gasteiger partial charge on any atom is -0.474 e. The number of hydrogen-bond acceptors (Lipinski definition) is 10. The smallest absolute Gasteiger partial charge is 0.474 e. The van der Waals surface area contributed by atoms with E-state index in [1.165, 1.54) is 12.4 Å². The summed E-state index contributed by atoms with van der Waals surface area (Å²) in [4.78, 5) is 25.2. The van der Waals surface area contributed by atoms with Crippen molar-refractivity contribution in [1.82, 2.24) is 30.0 Å². The number of rotatable bonds is 9. The van der Waals surface area contributed by atoms with E-state index < -0.39 is 12.0 Å². The van der Waals surface area contributed by atoms with Crippen molar-refractivity contribution >= 4 is 6.16 Å². The molecule has 1 saturated heterocycles. The summed E-state index contributed by atoms with van der Waals surface area (Å²) >= 11 is 0. The van der Waals surface area contributed by atoms with Gasteiger partial charge in [-0.3, -0.25) is 4.68 Å². The summed E-state index contributed by atoms with van der Waals surface area (Å²) in [5.74, 6) is 0.149. The van der Waals surface area contributed by atoms with Gasteiger partial charge in [0, 0.05) is 38.7 Å². The van der Waals surface area contributed by atoms with Crippen molar-refractivity contribution in [2.75, 3.05) is 13.1 Å². The highest BCUT2D eigenvalue weighted by atomic mass is 19.1. The molecule has 1 aromatic carbocycles. The van der Waals surface area contributed by atoms with Gasteiger partial charge in [-0.1, -0.05) is 11.3 Å². The summed E-state index contributed by atoms with van der Waals surface area (Å²) < 4.78 is 33.2. The van der Waals surface area contributed by atoms with Crippen molar-refractivity contribution < 1.29 is 28.2 Å². The molecule has 1 aliphatic rings. The Bertz CT molecular complexity index is 1150. The second-order valence-electron chi connectivity index (χ2n) is 8.65. The molecule has 0 spiro atoms. The Morgan fingerprint density at radius 3 is 2.67 bits per heavy atom. The standard InChI is InChI=1S/C24H29FN6O5/c1-16(2)33-24(32)36-31-11-7-19(8-12-31)34-22-17(3)23(27-15-26-22)35-21-5-4-18(14-20(21)25)6-10-30-13-9-28-29-30/h4-5,9,13-16,19H,6-8,10-12H2,1-3H3. The Labute approximate surface area is 208 Å². The molecule has 0 atom stereocenters. The lowest BCUT2D eigenvalue weighted by molar-refractivity contribution is -0.151. The average Bonchev–Trinajstić information content (AvgIpc) is 3.36. The van der Waals surface area contributed by atoms with Crippen LogP contribution in [0.2, 0.25) is 0 Å². The highest BCUT2D eigenvalue weighted by molar-refractivity contribution is 5.59. The first kappa shape index (κ1) is 25.3. The van der Waals surface area contributed by atoms with Crippen LogP contribution in [0.5, 0.6) is 17.5 Å². The van der Waals surface area contributed by atoms with Crippen LogP contribution in [-0.4, -0.2) is 61.5 Å². The van der Waals surface area contributed by atoms with Crippen LogP contribution in [0, 0.1) is 12.7 Å². The number of hydrogen-bond donors (Lipinski definition) is 0. The molecule has 0 aliphatic carbocycles. The van der Waals surface area contributed by atoms with E-state index in [1.54, 1.807) is 55.0 Å². The molecule has 0 radical (unpaired) electrons. The van der Waals surface area contributed by atoms with E-state index in [4.69, 9.17) is 19.0 Å². The lowest BCUT2D eigenvalue weighted by Crippen LogP contribution is -2.40. The molecule has 11 nitrogen and oxygen atoms in total. The average molecular weight is 501 g/mol. The van der Waals surface area contributed by atoms with Crippen molar-refractivity contribution in [1.29, 1.82) is 0 Å². The predicted octanol–water partition coefficient (Wildman–Crippen LogP) is 3.87. The molecule has 0 bridgehead atoms. The summed E-state index contributed by atoms with van der Waals surface area (Å²) in [6, 6.07) is 4.82. The van der Waals surface area contributed by atoms with Gasteiger partial charge in [-0.15, -0.1) is 10.2 Å². The molecule has 0 unspecified atom stereocenters. The van der Waals surface area contributed by atoms with Gasteiger partial charge in [-0.25, -0.2) is 19.2 Å². The first-order valence-corrected chi connectivity index (χ1v) is 11.8. The topological polar surface area (TPSA) is 114 Å². The minimum absolute atomic E-state index is 0.0611. The van der Waals surface area contributed by atoms with Gasteiger partial charge in [0.1, 0.15) is 12.4 Å². The quantitative estimate of drug-likeness (QED) is 0.401. The maximum absolute atomic E-state index is 14.7. The van der Waals surface area contributed by atoms with Crippen LogP contribution in [-0.2, 0) is 22.5 Å². The molecule has 0 saturated carbocycles. The summed E-state index contributed by atoms with van der Waals surface area (Å²) in [6.45, 7) is 6.87. The van der Waals surface area contributed by atoms with E-state index in [0.717, 1.165) is 5.56 Å². The number of hydroxylamine groups is 2. The number of aromatic nitrogens is 5. The summed E-state index contributed by atoms with van der Waals surface area (Å²) in [5.41, 5.74) is 1.37. The van der Waals surface area contributed by atoms with Gasteiger partial charge in [-0.05, 0) is 44.9 Å². The molecule has 12 heteroatoms. The predicted molar refractivity (Wildman–Crippen MR) is 125 cm³/mol. The van der Waals surface area contributed by atoms with Crippen LogP contribution in [0.3, 0.4) is 0 Å². The van der Waals surface area contributed by atoms with E-state index in [1.807, 2.05) is 0 Å². The zero-order valence-electron chi connectivity index (χ0n) is 20.5. The summed E-state index contributed by atoms with van der Waals surface area (Å²) in [5, 5.41) is 9.22. The van der Waals surface area contributed by atoms with Gasteiger partial charge in [0.2, 0.25) is 11.8 Å². The molecule has 1 fully saturated rings. The van der Waals surface area contributed by atoms with Crippen molar-refractivity contribution in [2.45, 2.75) is 58.8 Å². The molecule has 4 rings (SSSR count). The summed E-state index contributed by atoms with van der Waals surface area (Å²) in [6.07, 6.45) is 5.44. The Hall–Kier alpha value is -3.80. The largest absolute Gasteiger partial charge is 0.528 e.